The Bertz CT molecular complexity index is 527. The molecule has 0 aliphatic heterocycles. The minimum absolute atomic E-state index is 0.121. The van der Waals surface area contributed by atoms with E-state index in [2.05, 4.69) is 11.4 Å². The number of aryl methyl sites for hydroxylation is 2. The number of hydrogen-bond acceptors (Lipinski definition) is 3. The molecule has 106 valence electrons. The summed E-state index contributed by atoms with van der Waals surface area (Å²) in [7, 11) is -1.19. The van der Waals surface area contributed by atoms with Crippen molar-refractivity contribution in [3.63, 3.8) is 0 Å². The van der Waals surface area contributed by atoms with E-state index in [0.717, 1.165) is 29.5 Å². The minimum Gasteiger partial charge on any atom is -0.316 e. The molecule has 0 heterocycles. The maximum atomic E-state index is 12.3. The summed E-state index contributed by atoms with van der Waals surface area (Å²) in [6.07, 6.45) is 2.31. The van der Waals surface area contributed by atoms with E-state index < -0.39 is 9.84 Å². The average Bonchev–Trinajstić information content (AvgIpc) is 3.07. The molecular weight excluding hydrogens is 258 g/mol. The van der Waals surface area contributed by atoms with Crippen molar-refractivity contribution in [2.24, 2.45) is 5.92 Å². The molecule has 1 aromatic rings. The van der Waals surface area contributed by atoms with Crippen LogP contribution in [0.15, 0.2) is 18.2 Å². The molecule has 1 atom stereocenters. The highest BCUT2D eigenvalue weighted by Gasteiger charge is 2.33. The van der Waals surface area contributed by atoms with Crippen molar-refractivity contribution >= 4 is 9.84 Å². The predicted molar refractivity (Wildman–Crippen MR) is 79.0 cm³/mol. The summed E-state index contributed by atoms with van der Waals surface area (Å²) in [4.78, 5) is 0. The lowest BCUT2D eigenvalue weighted by Gasteiger charge is -2.15. The monoisotopic (exact) mass is 281 g/mol. The molecule has 1 saturated carbocycles. The van der Waals surface area contributed by atoms with Crippen molar-refractivity contribution in [1.82, 2.24) is 5.32 Å². The lowest BCUT2D eigenvalue weighted by atomic mass is 10.1. The summed E-state index contributed by atoms with van der Waals surface area (Å²) in [6, 6.07) is 6.12. The van der Waals surface area contributed by atoms with Crippen LogP contribution in [-0.4, -0.2) is 27.3 Å². The Morgan fingerprint density at radius 3 is 2.26 bits per heavy atom. The first kappa shape index (κ1) is 14.5. The van der Waals surface area contributed by atoms with Crippen LogP contribution in [0.4, 0.5) is 0 Å². The Kier molecular flexibility index (Phi) is 4.31. The number of sulfone groups is 1. The quantitative estimate of drug-likeness (QED) is 0.869. The molecule has 4 heteroatoms. The molecule has 0 saturated heterocycles. The van der Waals surface area contributed by atoms with Gasteiger partial charge in [0.2, 0.25) is 0 Å². The van der Waals surface area contributed by atoms with Crippen molar-refractivity contribution in [2.45, 2.75) is 38.5 Å². The summed E-state index contributed by atoms with van der Waals surface area (Å²) in [5.41, 5.74) is 3.15. The molecule has 0 amide bonds. The van der Waals surface area contributed by atoms with Gasteiger partial charge in [-0.25, -0.2) is 8.42 Å². The summed E-state index contributed by atoms with van der Waals surface area (Å²) in [5, 5.41) is 3.15. The van der Waals surface area contributed by atoms with Crippen molar-refractivity contribution in [2.75, 3.05) is 12.8 Å². The van der Waals surface area contributed by atoms with Gasteiger partial charge in [-0.1, -0.05) is 29.3 Å². The molecule has 1 unspecified atom stereocenters. The van der Waals surface area contributed by atoms with Crippen LogP contribution in [0, 0.1) is 19.8 Å². The average molecular weight is 281 g/mol. The van der Waals surface area contributed by atoms with Crippen molar-refractivity contribution in [3.8, 4) is 0 Å². The second-order valence-corrected chi connectivity index (χ2v) is 7.89. The van der Waals surface area contributed by atoms with Gasteiger partial charge in [0.1, 0.15) is 0 Å². The molecular formula is C15H23NO2S. The molecule has 3 nitrogen and oxygen atoms in total. The topological polar surface area (TPSA) is 46.2 Å². The van der Waals surface area contributed by atoms with E-state index in [1.807, 2.05) is 33.0 Å². The Balaban J connectivity index is 2.07. The lowest BCUT2D eigenvalue weighted by molar-refractivity contribution is 0.527. The first-order valence-electron chi connectivity index (χ1n) is 6.84. The number of hydrogen-bond donors (Lipinski definition) is 1. The second kappa shape index (κ2) is 5.63. The zero-order chi connectivity index (χ0) is 14.0. The van der Waals surface area contributed by atoms with Crippen molar-refractivity contribution in [1.29, 1.82) is 0 Å². The van der Waals surface area contributed by atoms with Crippen LogP contribution in [0.2, 0.25) is 0 Å². The van der Waals surface area contributed by atoms with Crippen molar-refractivity contribution in [3.05, 3.63) is 34.9 Å². The third-order valence-corrected chi connectivity index (χ3v) is 5.30. The highest BCUT2D eigenvalue weighted by atomic mass is 32.2. The predicted octanol–water partition coefficient (Wildman–Crippen LogP) is 2.22. The summed E-state index contributed by atoms with van der Waals surface area (Å²) >= 11 is 0. The fourth-order valence-corrected chi connectivity index (χ4v) is 4.47. The van der Waals surface area contributed by atoms with Gasteiger partial charge in [-0.3, -0.25) is 0 Å². The van der Waals surface area contributed by atoms with Crippen LogP contribution < -0.4 is 5.32 Å². The van der Waals surface area contributed by atoms with Crippen LogP contribution in [0.5, 0.6) is 0 Å². The first-order valence-corrected chi connectivity index (χ1v) is 8.66. The highest BCUT2D eigenvalue weighted by Crippen LogP contribution is 2.33. The van der Waals surface area contributed by atoms with E-state index in [-0.39, 0.29) is 17.5 Å². The SMILES string of the molecule is CNC(CS(=O)(=O)Cc1cc(C)cc(C)c1)C1CC1. The lowest BCUT2D eigenvalue weighted by Crippen LogP contribution is -2.35. The molecule has 1 aliphatic carbocycles. The van der Waals surface area contributed by atoms with Gasteiger partial charge in [0.25, 0.3) is 0 Å². The van der Waals surface area contributed by atoms with Crippen LogP contribution in [0.3, 0.4) is 0 Å². The van der Waals surface area contributed by atoms with Crippen molar-refractivity contribution < 1.29 is 8.42 Å². The van der Waals surface area contributed by atoms with Gasteiger partial charge >= 0.3 is 0 Å². The molecule has 0 spiro atoms. The van der Waals surface area contributed by atoms with Crippen LogP contribution in [0.25, 0.3) is 0 Å². The maximum absolute atomic E-state index is 12.3. The van der Waals surface area contributed by atoms with Crippen LogP contribution in [-0.2, 0) is 15.6 Å². The largest absolute Gasteiger partial charge is 0.316 e. The van der Waals surface area contributed by atoms with E-state index in [1.54, 1.807) is 0 Å². The van der Waals surface area contributed by atoms with E-state index >= 15 is 0 Å². The van der Waals surface area contributed by atoms with Gasteiger partial charge in [0.15, 0.2) is 9.84 Å². The molecule has 0 radical (unpaired) electrons. The third-order valence-electron chi connectivity index (χ3n) is 3.66. The highest BCUT2D eigenvalue weighted by molar-refractivity contribution is 7.90. The maximum Gasteiger partial charge on any atom is 0.155 e. The number of benzene rings is 1. The number of rotatable bonds is 6. The Labute approximate surface area is 116 Å². The van der Waals surface area contributed by atoms with Gasteiger partial charge in [-0.05, 0) is 45.2 Å². The van der Waals surface area contributed by atoms with E-state index in [9.17, 15) is 8.42 Å². The first-order chi connectivity index (χ1) is 8.89. The minimum atomic E-state index is -3.05. The second-order valence-electron chi connectivity index (χ2n) is 5.78. The van der Waals surface area contributed by atoms with Crippen LogP contribution in [0.1, 0.15) is 29.5 Å². The smallest absolute Gasteiger partial charge is 0.155 e. The zero-order valence-corrected chi connectivity index (χ0v) is 12.8. The van der Waals surface area contributed by atoms with Crippen LogP contribution >= 0.6 is 0 Å². The van der Waals surface area contributed by atoms with Gasteiger partial charge in [-0.15, -0.1) is 0 Å². The molecule has 1 aliphatic rings. The van der Waals surface area contributed by atoms with E-state index in [4.69, 9.17) is 0 Å². The molecule has 1 fully saturated rings. The van der Waals surface area contributed by atoms with Gasteiger partial charge < -0.3 is 5.32 Å². The van der Waals surface area contributed by atoms with Gasteiger partial charge in [0, 0.05) is 6.04 Å². The molecule has 1 aromatic carbocycles. The molecule has 2 rings (SSSR count). The fourth-order valence-electron chi connectivity index (χ4n) is 2.69. The summed E-state index contributed by atoms with van der Waals surface area (Å²) in [6.45, 7) is 4.01. The molecule has 0 aromatic heterocycles. The van der Waals surface area contributed by atoms with Gasteiger partial charge in [-0.2, -0.15) is 0 Å². The molecule has 0 bridgehead atoms. The zero-order valence-electron chi connectivity index (χ0n) is 11.9. The number of nitrogens with one attached hydrogen (secondary N) is 1. The summed E-state index contributed by atoms with van der Waals surface area (Å²) in [5.74, 6) is 0.959. The van der Waals surface area contributed by atoms with E-state index in [0.29, 0.717) is 5.92 Å². The van der Waals surface area contributed by atoms with E-state index in [1.165, 1.54) is 0 Å². The Morgan fingerprint density at radius 2 is 1.79 bits per heavy atom. The normalized spacial score (nSPS) is 17.4. The molecule has 1 N–H and O–H groups in total. The Morgan fingerprint density at radius 1 is 1.21 bits per heavy atom. The fraction of sp³-hybridized carbons (Fsp3) is 0.600. The summed E-state index contributed by atoms with van der Waals surface area (Å²) < 4.78 is 24.6. The third kappa shape index (κ3) is 4.32. The van der Waals surface area contributed by atoms with Gasteiger partial charge in [0.05, 0.1) is 11.5 Å². The standard InChI is InChI=1S/C15H23NO2S/c1-11-6-12(2)8-13(7-11)9-19(17,18)10-15(16-3)14-4-5-14/h6-8,14-16H,4-5,9-10H2,1-3H3. The molecule has 19 heavy (non-hydrogen) atoms. The Hall–Kier alpha value is -0.870.